The third-order valence-corrected chi connectivity index (χ3v) is 5.28. The van der Waals surface area contributed by atoms with Crippen LogP contribution >= 0.6 is 0 Å². The monoisotopic (exact) mass is 366 g/mol. The second-order valence-electron chi connectivity index (χ2n) is 6.10. The van der Waals surface area contributed by atoms with Crippen LogP contribution in [0.1, 0.15) is 39.5 Å². The molecule has 0 spiro atoms. The molecule has 0 radical (unpaired) electrons. The van der Waals surface area contributed by atoms with Crippen LogP contribution in [0.4, 0.5) is 5.69 Å². The average molecular weight is 366 g/mol. The van der Waals surface area contributed by atoms with Crippen molar-refractivity contribution in [3.05, 3.63) is 30.6 Å². The van der Waals surface area contributed by atoms with E-state index in [2.05, 4.69) is 15.1 Å². The van der Waals surface area contributed by atoms with Crippen molar-refractivity contribution in [2.45, 2.75) is 39.5 Å². The first kappa shape index (κ1) is 19.2. The molecule has 2 aromatic heterocycles. The molecule has 0 unspecified atom stereocenters. The number of sulfonamides is 1. The van der Waals surface area contributed by atoms with Crippen molar-refractivity contribution in [1.29, 1.82) is 0 Å². The molecule has 7 nitrogen and oxygen atoms in total. The topological polar surface area (TPSA) is 92.6 Å². The first-order valence-electron chi connectivity index (χ1n) is 8.66. The number of hydrogen-bond donors (Lipinski definition) is 2. The van der Waals surface area contributed by atoms with Crippen molar-refractivity contribution >= 4 is 27.1 Å². The molecule has 2 N–H and O–H groups in total. The van der Waals surface area contributed by atoms with E-state index >= 15 is 0 Å². The van der Waals surface area contributed by atoms with Crippen LogP contribution in [-0.4, -0.2) is 36.2 Å². The molecular formula is C17H26N4O3S. The summed E-state index contributed by atoms with van der Waals surface area (Å²) in [4.78, 5) is 12.1. The lowest BCUT2D eigenvalue weighted by molar-refractivity contribution is -0.125. The number of nitrogens with zero attached hydrogens (tertiary/aromatic N) is 2. The van der Waals surface area contributed by atoms with Crippen molar-refractivity contribution < 1.29 is 13.2 Å². The van der Waals surface area contributed by atoms with Crippen molar-refractivity contribution in [3.8, 4) is 0 Å². The first-order valence-corrected chi connectivity index (χ1v) is 10.3. The van der Waals surface area contributed by atoms with Crippen LogP contribution in [0.3, 0.4) is 0 Å². The van der Waals surface area contributed by atoms with Gasteiger partial charge in [-0.05, 0) is 31.0 Å². The van der Waals surface area contributed by atoms with Crippen LogP contribution in [0.2, 0.25) is 0 Å². The van der Waals surface area contributed by atoms with E-state index in [9.17, 15) is 13.2 Å². The predicted octanol–water partition coefficient (Wildman–Crippen LogP) is 2.41. The molecule has 0 bridgehead atoms. The Bertz CT molecular complexity index is 795. The van der Waals surface area contributed by atoms with Gasteiger partial charge in [0.2, 0.25) is 15.9 Å². The maximum Gasteiger partial charge on any atom is 0.234 e. The van der Waals surface area contributed by atoms with Gasteiger partial charge in [-0.2, -0.15) is 5.10 Å². The number of nitrogens with one attached hydrogen (secondary N) is 2. The standard InChI is InChI=1S/C17H26N4O3S/c1-3-5-14(6-4-2)17(22)18-10-12-25(23,24)20-15-8-11-21-16(13-15)7-9-19-21/h7-9,11,13-14,20H,3-6,10,12H2,1-2H3,(H,18,22). The van der Waals surface area contributed by atoms with Crippen LogP contribution in [0.25, 0.3) is 5.52 Å². The predicted molar refractivity (Wildman–Crippen MR) is 98.9 cm³/mol. The molecule has 0 fully saturated rings. The van der Waals surface area contributed by atoms with Crippen LogP contribution in [0, 0.1) is 5.92 Å². The minimum atomic E-state index is -3.53. The zero-order valence-corrected chi connectivity index (χ0v) is 15.6. The summed E-state index contributed by atoms with van der Waals surface area (Å²) in [6.45, 7) is 4.19. The summed E-state index contributed by atoms with van der Waals surface area (Å²) < 4.78 is 28.6. The Kier molecular flexibility index (Phi) is 6.81. The summed E-state index contributed by atoms with van der Waals surface area (Å²) in [5.74, 6) is -0.247. The summed E-state index contributed by atoms with van der Waals surface area (Å²) >= 11 is 0. The van der Waals surface area contributed by atoms with E-state index in [1.807, 2.05) is 13.8 Å². The molecule has 0 saturated heterocycles. The fourth-order valence-corrected chi connectivity index (χ4v) is 3.73. The van der Waals surface area contributed by atoms with Gasteiger partial charge in [-0.15, -0.1) is 0 Å². The Morgan fingerprint density at radius 1 is 1.24 bits per heavy atom. The number of pyridine rings is 1. The van der Waals surface area contributed by atoms with Gasteiger partial charge in [-0.25, -0.2) is 12.9 Å². The highest BCUT2D eigenvalue weighted by Gasteiger charge is 2.17. The van der Waals surface area contributed by atoms with Crippen molar-refractivity contribution in [2.24, 2.45) is 5.92 Å². The molecule has 1 amide bonds. The second kappa shape index (κ2) is 8.84. The van der Waals surface area contributed by atoms with Gasteiger partial charge in [0.15, 0.2) is 0 Å². The number of carbonyl (C=O) groups is 1. The van der Waals surface area contributed by atoms with Gasteiger partial charge in [0, 0.05) is 24.9 Å². The Hall–Kier alpha value is -2.09. The maximum atomic E-state index is 12.2. The number of anilines is 1. The van der Waals surface area contributed by atoms with E-state index in [1.165, 1.54) is 0 Å². The minimum absolute atomic E-state index is 0.0325. The molecule has 2 rings (SSSR count). The molecule has 2 aromatic rings. The van der Waals surface area contributed by atoms with Crippen molar-refractivity contribution in [2.75, 3.05) is 17.0 Å². The number of fused-ring (bicyclic) bond motifs is 1. The van der Waals surface area contributed by atoms with Gasteiger partial charge in [-0.1, -0.05) is 26.7 Å². The SMILES string of the molecule is CCCC(CCC)C(=O)NCCS(=O)(=O)Nc1ccn2nccc2c1. The van der Waals surface area contributed by atoms with Crippen LogP contribution in [0.5, 0.6) is 0 Å². The number of aromatic nitrogens is 2. The number of amides is 1. The van der Waals surface area contributed by atoms with Gasteiger partial charge < -0.3 is 5.32 Å². The zero-order chi connectivity index (χ0) is 18.3. The van der Waals surface area contributed by atoms with E-state index in [4.69, 9.17) is 0 Å². The van der Waals surface area contributed by atoms with Crippen LogP contribution < -0.4 is 10.0 Å². The van der Waals surface area contributed by atoms with Gasteiger partial charge in [0.05, 0.1) is 17.0 Å². The third kappa shape index (κ3) is 5.74. The summed E-state index contributed by atoms with van der Waals surface area (Å²) in [7, 11) is -3.53. The molecule has 0 atom stereocenters. The van der Waals surface area contributed by atoms with Crippen molar-refractivity contribution in [1.82, 2.24) is 14.9 Å². The molecular weight excluding hydrogens is 340 g/mol. The van der Waals surface area contributed by atoms with Crippen LogP contribution in [0.15, 0.2) is 30.6 Å². The van der Waals surface area contributed by atoms with Gasteiger partial charge >= 0.3 is 0 Å². The van der Waals surface area contributed by atoms with E-state index < -0.39 is 10.0 Å². The second-order valence-corrected chi connectivity index (χ2v) is 7.94. The average Bonchev–Trinajstić information content (AvgIpc) is 3.01. The molecule has 0 aliphatic carbocycles. The molecule has 0 aliphatic rings. The molecule has 0 aromatic carbocycles. The van der Waals surface area contributed by atoms with Gasteiger partial charge in [0.1, 0.15) is 0 Å². The number of carbonyl (C=O) groups excluding carboxylic acids is 1. The summed E-state index contributed by atoms with van der Waals surface area (Å²) in [6.07, 6.45) is 6.87. The van der Waals surface area contributed by atoms with E-state index in [0.29, 0.717) is 5.69 Å². The Balaban J connectivity index is 1.87. The zero-order valence-electron chi connectivity index (χ0n) is 14.7. The smallest absolute Gasteiger partial charge is 0.234 e. The minimum Gasteiger partial charge on any atom is -0.355 e. The first-order chi connectivity index (χ1) is 11.9. The highest BCUT2D eigenvalue weighted by Crippen LogP contribution is 2.14. The molecule has 0 saturated carbocycles. The largest absolute Gasteiger partial charge is 0.355 e. The molecule has 8 heteroatoms. The lowest BCUT2D eigenvalue weighted by atomic mass is 9.97. The molecule has 138 valence electrons. The summed E-state index contributed by atoms with van der Waals surface area (Å²) in [5.41, 5.74) is 1.28. The summed E-state index contributed by atoms with van der Waals surface area (Å²) in [5, 5.41) is 6.81. The fourth-order valence-electron chi connectivity index (χ4n) is 2.77. The highest BCUT2D eigenvalue weighted by molar-refractivity contribution is 7.92. The third-order valence-electron chi connectivity index (χ3n) is 3.99. The quantitative estimate of drug-likeness (QED) is 0.675. The van der Waals surface area contributed by atoms with E-state index in [1.54, 1.807) is 35.1 Å². The van der Waals surface area contributed by atoms with Gasteiger partial charge in [0.25, 0.3) is 0 Å². The molecule has 0 aliphatic heterocycles. The number of hydrogen-bond acceptors (Lipinski definition) is 4. The Labute approximate surface area is 148 Å². The van der Waals surface area contributed by atoms with Crippen molar-refractivity contribution in [3.63, 3.8) is 0 Å². The van der Waals surface area contributed by atoms with Crippen LogP contribution in [-0.2, 0) is 14.8 Å². The molecule has 2 heterocycles. The van der Waals surface area contributed by atoms with E-state index in [0.717, 1.165) is 31.2 Å². The lowest BCUT2D eigenvalue weighted by Gasteiger charge is -2.15. The normalized spacial score (nSPS) is 11.8. The maximum absolute atomic E-state index is 12.2. The fraction of sp³-hybridized carbons (Fsp3) is 0.529. The lowest BCUT2D eigenvalue weighted by Crippen LogP contribution is -2.35. The summed E-state index contributed by atoms with van der Waals surface area (Å²) in [6, 6.07) is 5.15. The van der Waals surface area contributed by atoms with Gasteiger partial charge in [-0.3, -0.25) is 9.52 Å². The Morgan fingerprint density at radius 2 is 1.96 bits per heavy atom. The molecule has 25 heavy (non-hydrogen) atoms. The van der Waals surface area contributed by atoms with E-state index in [-0.39, 0.29) is 24.1 Å². The number of rotatable bonds is 10. The highest BCUT2D eigenvalue weighted by atomic mass is 32.2. The Morgan fingerprint density at radius 3 is 2.64 bits per heavy atom.